The first-order valence-corrected chi connectivity index (χ1v) is 14.1. The van der Waals surface area contributed by atoms with E-state index in [1.807, 2.05) is 30.3 Å². The average Bonchev–Trinajstić information content (AvgIpc) is 2.85. The number of fused-ring (bicyclic) bond motifs is 3. The van der Waals surface area contributed by atoms with Gasteiger partial charge in [0.2, 0.25) is 0 Å². The molecular weight excluding hydrogens is 442 g/mol. The van der Waals surface area contributed by atoms with Crippen molar-refractivity contribution in [1.82, 2.24) is 4.90 Å². The third-order valence-electron chi connectivity index (χ3n) is 9.28. The van der Waals surface area contributed by atoms with Crippen molar-refractivity contribution in [3.63, 3.8) is 0 Å². The van der Waals surface area contributed by atoms with Crippen molar-refractivity contribution in [2.75, 3.05) is 19.6 Å². The highest BCUT2D eigenvalue weighted by molar-refractivity contribution is 5.96. The van der Waals surface area contributed by atoms with Crippen LogP contribution in [0.3, 0.4) is 0 Å². The van der Waals surface area contributed by atoms with Crippen LogP contribution in [0, 0.1) is 11.3 Å². The van der Waals surface area contributed by atoms with E-state index in [9.17, 15) is 9.59 Å². The van der Waals surface area contributed by atoms with Crippen molar-refractivity contribution >= 4 is 11.6 Å². The predicted octanol–water partition coefficient (Wildman–Crippen LogP) is 7.37. The molecule has 194 valence electrons. The molecule has 0 aromatic heterocycles. The van der Waals surface area contributed by atoms with Crippen molar-refractivity contribution in [2.24, 2.45) is 11.3 Å². The molecule has 3 atom stereocenters. The third kappa shape index (κ3) is 5.67. The van der Waals surface area contributed by atoms with Gasteiger partial charge >= 0.3 is 0 Å². The van der Waals surface area contributed by atoms with Crippen LogP contribution in [0.5, 0.6) is 0 Å². The largest absolute Gasteiger partial charge is 0.302 e. The number of carbonyl (C=O) groups is 2. The van der Waals surface area contributed by atoms with Crippen molar-refractivity contribution in [3.05, 3.63) is 70.8 Å². The second-order valence-electron chi connectivity index (χ2n) is 12.4. The summed E-state index contributed by atoms with van der Waals surface area (Å²) >= 11 is 0. The van der Waals surface area contributed by atoms with Gasteiger partial charge in [-0.25, -0.2) is 0 Å². The number of aryl methyl sites for hydroxylation is 1. The zero-order valence-corrected chi connectivity index (χ0v) is 23.1. The van der Waals surface area contributed by atoms with Crippen molar-refractivity contribution in [1.29, 1.82) is 0 Å². The maximum Gasteiger partial charge on any atom is 0.164 e. The molecule has 0 radical (unpaired) electrons. The Labute approximate surface area is 218 Å². The normalized spacial score (nSPS) is 25.5. The Hall–Kier alpha value is -2.26. The van der Waals surface area contributed by atoms with Gasteiger partial charge in [0.05, 0.1) is 0 Å². The molecule has 1 saturated carbocycles. The number of nitrogens with zero attached hydrogens (tertiary/aromatic N) is 1. The summed E-state index contributed by atoms with van der Waals surface area (Å²) in [7, 11) is 0. The van der Waals surface area contributed by atoms with E-state index in [1.54, 1.807) is 18.1 Å². The summed E-state index contributed by atoms with van der Waals surface area (Å²) in [6.07, 6.45) is 7.14. The summed E-state index contributed by atoms with van der Waals surface area (Å²) in [5, 5.41) is 0. The Morgan fingerprint density at radius 2 is 1.72 bits per heavy atom. The molecule has 0 N–H and O–H groups in total. The van der Waals surface area contributed by atoms with Gasteiger partial charge < -0.3 is 4.90 Å². The molecule has 0 spiro atoms. The number of carbonyl (C=O) groups excluding carboxylic acids is 2. The Morgan fingerprint density at radius 3 is 2.42 bits per heavy atom. The van der Waals surface area contributed by atoms with E-state index >= 15 is 0 Å². The molecule has 2 aliphatic carbocycles. The van der Waals surface area contributed by atoms with E-state index in [4.69, 9.17) is 0 Å². The molecule has 0 aliphatic heterocycles. The molecule has 0 unspecified atom stereocenters. The molecule has 0 amide bonds. The van der Waals surface area contributed by atoms with E-state index in [0.29, 0.717) is 31.2 Å². The SMILES string of the molecule is CC(=O)CCN(CCC(=O)c1ccccc1)C[C@]1(C)CCC[C@]2(C)c3ccc(C(C)C)cc3CC[C@@H]12. The maximum absolute atomic E-state index is 12.9. The van der Waals surface area contributed by atoms with Crippen LogP contribution in [-0.2, 0) is 16.6 Å². The van der Waals surface area contributed by atoms with E-state index in [0.717, 1.165) is 25.1 Å². The Bertz CT molecular complexity index is 1070. The minimum atomic E-state index is 0.175. The molecule has 36 heavy (non-hydrogen) atoms. The van der Waals surface area contributed by atoms with Gasteiger partial charge in [-0.3, -0.25) is 9.59 Å². The Morgan fingerprint density at radius 1 is 1.00 bits per heavy atom. The first kappa shape index (κ1) is 26.8. The van der Waals surface area contributed by atoms with Gasteiger partial charge in [0.25, 0.3) is 0 Å². The van der Waals surface area contributed by atoms with Crippen LogP contribution in [0.4, 0.5) is 0 Å². The topological polar surface area (TPSA) is 37.4 Å². The summed E-state index contributed by atoms with van der Waals surface area (Å²) in [5.74, 6) is 1.59. The highest BCUT2D eigenvalue weighted by Gasteiger charge is 2.52. The molecule has 3 heteroatoms. The molecule has 2 aromatic rings. The first-order chi connectivity index (χ1) is 17.1. The lowest BCUT2D eigenvalue weighted by Crippen LogP contribution is -2.53. The van der Waals surface area contributed by atoms with Crippen LogP contribution >= 0.6 is 0 Å². The summed E-state index contributed by atoms with van der Waals surface area (Å²) in [5.41, 5.74) is 5.74. The van der Waals surface area contributed by atoms with Gasteiger partial charge in [0, 0.05) is 38.0 Å². The molecule has 0 saturated heterocycles. The zero-order chi connectivity index (χ0) is 25.9. The summed E-state index contributed by atoms with van der Waals surface area (Å²) in [6.45, 7) is 13.7. The number of hydrogen-bond donors (Lipinski definition) is 0. The number of ketones is 2. The van der Waals surface area contributed by atoms with Crippen molar-refractivity contribution in [2.45, 2.75) is 90.9 Å². The van der Waals surface area contributed by atoms with Crippen LogP contribution in [-0.4, -0.2) is 36.1 Å². The summed E-state index contributed by atoms with van der Waals surface area (Å²) in [6, 6.07) is 16.9. The van der Waals surface area contributed by atoms with Gasteiger partial charge in [0.15, 0.2) is 5.78 Å². The quantitative estimate of drug-likeness (QED) is 0.328. The van der Waals surface area contributed by atoms with Gasteiger partial charge in [-0.15, -0.1) is 0 Å². The molecule has 4 rings (SSSR count). The predicted molar refractivity (Wildman–Crippen MR) is 149 cm³/mol. The van der Waals surface area contributed by atoms with E-state index in [-0.39, 0.29) is 22.4 Å². The molecule has 2 aliphatic rings. The number of rotatable bonds is 10. The Kier molecular flexibility index (Phi) is 8.19. The maximum atomic E-state index is 12.9. The Balaban J connectivity index is 1.54. The second-order valence-corrected chi connectivity index (χ2v) is 12.4. The lowest BCUT2D eigenvalue weighted by molar-refractivity contribution is -0.117. The average molecular weight is 488 g/mol. The van der Waals surface area contributed by atoms with Crippen molar-refractivity contribution in [3.8, 4) is 0 Å². The lowest BCUT2D eigenvalue weighted by Gasteiger charge is -2.56. The van der Waals surface area contributed by atoms with E-state index in [1.165, 1.54) is 31.2 Å². The van der Waals surface area contributed by atoms with Crippen LogP contribution in [0.1, 0.15) is 106 Å². The number of Topliss-reactive ketones (excluding diaryl/α,β-unsaturated/α-hetero) is 2. The minimum Gasteiger partial charge on any atom is -0.302 e. The van der Waals surface area contributed by atoms with E-state index in [2.05, 4.69) is 50.8 Å². The molecule has 0 bridgehead atoms. The van der Waals surface area contributed by atoms with Gasteiger partial charge in [0.1, 0.15) is 5.78 Å². The fourth-order valence-corrected chi connectivity index (χ4v) is 7.32. The van der Waals surface area contributed by atoms with Crippen LogP contribution < -0.4 is 0 Å². The van der Waals surface area contributed by atoms with Gasteiger partial charge in [-0.1, -0.05) is 82.6 Å². The highest BCUT2D eigenvalue weighted by Crippen LogP contribution is 2.57. The smallest absolute Gasteiger partial charge is 0.164 e. The third-order valence-corrected chi connectivity index (χ3v) is 9.28. The first-order valence-electron chi connectivity index (χ1n) is 14.1. The molecule has 3 nitrogen and oxygen atoms in total. The van der Waals surface area contributed by atoms with Gasteiger partial charge in [-0.05, 0) is 72.0 Å². The van der Waals surface area contributed by atoms with Crippen LogP contribution in [0.25, 0.3) is 0 Å². The number of benzene rings is 2. The highest BCUT2D eigenvalue weighted by atomic mass is 16.1. The molecular formula is C33H45NO2. The molecule has 2 aromatic carbocycles. The lowest BCUT2D eigenvalue weighted by atomic mass is 9.49. The second kappa shape index (κ2) is 11.0. The summed E-state index contributed by atoms with van der Waals surface area (Å²) < 4.78 is 0. The van der Waals surface area contributed by atoms with Gasteiger partial charge in [-0.2, -0.15) is 0 Å². The number of hydrogen-bond acceptors (Lipinski definition) is 3. The van der Waals surface area contributed by atoms with Crippen LogP contribution in [0.2, 0.25) is 0 Å². The fraction of sp³-hybridized carbons (Fsp3) is 0.576. The monoisotopic (exact) mass is 487 g/mol. The van der Waals surface area contributed by atoms with E-state index < -0.39 is 0 Å². The minimum absolute atomic E-state index is 0.175. The fourth-order valence-electron chi connectivity index (χ4n) is 7.32. The zero-order valence-electron chi connectivity index (χ0n) is 23.1. The van der Waals surface area contributed by atoms with Crippen LogP contribution in [0.15, 0.2) is 48.5 Å². The molecule has 0 heterocycles. The summed E-state index contributed by atoms with van der Waals surface area (Å²) in [4.78, 5) is 27.2. The van der Waals surface area contributed by atoms with Crippen molar-refractivity contribution < 1.29 is 9.59 Å². The molecule has 1 fully saturated rings. The standard InChI is InChI=1S/C33H45NO2/c1-24(2)27-12-14-29-28(22-27)13-15-31-32(4,18-9-19-33(29,31)5)23-34(20-16-25(3)35)21-17-30(36)26-10-7-6-8-11-26/h6-8,10-12,14,22,24,31H,9,13,15-21,23H2,1-5H3/t31-,32-,33+/m0/s1.